The molecule has 0 unspecified atom stereocenters. The van der Waals surface area contributed by atoms with Gasteiger partial charge in [-0.25, -0.2) is 14.0 Å². The lowest BCUT2D eigenvalue weighted by Gasteiger charge is -2.24. The molecule has 0 bridgehead atoms. The monoisotopic (exact) mass is 430 g/mol. The van der Waals surface area contributed by atoms with Crippen LogP contribution in [0, 0.1) is 11.7 Å². The van der Waals surface area contributed by atoms with Gasteiger partial charge in [0.2, 0.25) is 5.91 Å². The molecule has 0 heterocycles. The van der Waals surface area contributed by atoms with Crippen molar-refractivity contribution in [2.24, 2.45) is 5.92 Å². The molecule has 0 aromatic heterocycles. The summed E-state index contributed by atoms with van der Waals surface area (Å²) in [7, 11) is 1.20. The highest BCUT2D eigenvalue weighted by Gasteiger charge is 2.30. The highest BCUT2D eigenvalue weighted by molar-refractivity contribution is 5.90. The summed E-state index contributed by atoms with van der Waals surface area (Å²) in [6.07, 6.45) is -0.711. The van der Waals surface area contributed by atoms with Crippen molar-refractivity contribution in [1.29, 1.82) is 0 Å². The number of hydrogen-bond donors (Lipinski definition) is 2. The number of rotatable bonds is 9. The fourth-order valence-corrected chi connectivity index (χ4v) is 2.92. The smallest absolute Gasteiger partial charge is 0.408 e. The second-order valence-corrected chi connectivity index (χ2v) is 7.35. The van der Waals surface area contributed by atoms with Crippen LogP contribution in [0.5, 0.6) is 0 Å². The third-order valence-corrected chi connectivity index (χ3v) is 4.57. The summed E-state index contributed by atoms with van der Waals surface area (Å²) in [4.78, 5) is 37.2. The zero-order valence-electron chi connectivity index (χ0n) is 17.8. The van der Waals surface area contributed by atoms with Crippen molar-refractivity contribution in [2.75, 3.05) is 7.11 Å². The van der Waals surface area contributed by atoms with Gasteiger partial charge in [-0.05, 0) is 29.2 Å². The number of hydrogen-bond acceptors (Lipinski definition) is 5. The molecule has 2 aromatic rings. The highest BCUT2D eigenvalue weighted by Crippen LogP contribution is 2.10. The van der Waals surface area contributed by atoms with E-state index in [2.05, 4.69) is 10.6 Å². The third kappa shape index (κ3) is 7.73. The molecule has 2 aromatic carbocycles. The fraction of sp³-hybridized carbons (Fsp3) is 0.348. The number of nitrogens with one attached hydrogen (secondary N) is 2. The van der Waals surface area contributed by atoms with E-state index < -0.39 is 35.9 Å². The maximum Gasteiger partial charge on any atom is 0.408 e. The molecule has 2 N–H and O–H groups in total. The summed E-state index contributed by atoms with van der Waals surface area (Å²) in [6.45, 7) is 3.56. The lowest BCUT2D eigenvalue weighted by Crippen LogP contribution is -2.54. The van der Waals surface area contributed by atoms with Crippen LogP contribution in [0.4, 0.5) is 9.18 Å². The predicted octanol–water partition coefficient (Wildman–Crippen LogP) is 2.98. The van der Waals surface area contributed by atoms with E-state index in [1.54, 1.807) is 19.9 Å². The van der Waals surface area contributed by atoms with Crippen LogP contribution in [0.3, 0.4) is 0 Å². The summed E-state index contributed by atoms with van der Waals surface area (Å²) in [5, 5.41) is 5.13. The number of methoxy groups -OCH3 is 1. The minimum atomic E-state index is -1.04. The number of ether oxygens (including phenoxy) is 2. The fourth-order valence-electron chi connectivity index (χ4n) is 2.92. The van der Waals surface area contributed by atoms with Gasteiger partial charge in [-0.3, -0.25) is 4.79 Å². The third-order valence-electron chi connectivity index (χ3n) is 4.57. The molecule has 0 aliphatic carbocycles. The van der Waals surface area contributed by atoms with Crippen molar-refractivity contribution in [2.45, 2.75) is 39.0 Å². The van der Waals surface area contributed by atoms with Crippen molar-refractivity contribution in [3.05, 3.63) is 71.5 Å². The molecule has 2 atom stereocenters. The lowest BCUT2D eigenvalue weighted by atomic mass is 10.0. The summed E-state index contributed by atoms with van der Waals surface area (Å²) in [5.41, 5.74) is 1.33. The molecule has 0 aliphatic heterocycles. The molecule has 166 valence electrons. The van der Waals surface area contributed by atoms with Crippen molar-refractivity contribution >= 4 is 18.0 Å². The molecular formula is C23H27FN2O5. The molecule has 31 heavy (non-hydrogen) atoms. The molecule has 2 amide bonds. The van der Waals surface area contributed by atoms with E-state index in [4.69, 9.17) is 9.47 Å². The van der Waals surface area contributed by atoms with Gasteiger partial charge in [-0.15, -0.1) is 0 Å². The Balaban J connectivity index is 2.02. The quantitative estimate of drug-likeness (QED) is 0.597. The Hall–Kier alpha value is -3.42. The van der Waals surface area contributed by atoms with Gasteiger partial charge in [0.15, 0.2) is 0 Å². The van der Waals surface area contributed by atoms with Gasteiger partial charge in [0.05, 0.1) is 7.11 Å². The van der Waals surface area contributed by atoms with Crippen LogP contribution in [0.15, 0.2) is 54.6 Å². The van der Waals surface area contributed by atoms with Crippen LogP contribution >= 0.6 is 0 Å². The van der Waals surface area contributed by atoms with Gasteiger partial charge in [-0.2, -0.15) is 0 Å². The van der Waals surface area contributed by atoms with Crippen molar-refractivity contribution in [3.8, 4) is 0 Å². The molecule has 2 rings (SSSR count). The van der Waals surface area contributed by atoms with Crippen molar-refractivity contribution in [3.63, 3.8) is 0 Å². The van der Waals surface area contributed by atoms with Gasteiger partial charge in [0.1, 0.15) is 24.5 Å². The van der Waals surface area contributed by atoms with Gasteiger partial charge < -0.3 is 20.1 Å². The minimum absolute atomic E-state index is 0.0411. The number of esters is 1. The van der Waals surface area contributed by atoms with E-state index in [-0.39, 0.29) is 18.9 Å². The summed E-state index contributed by atoms with van der Waals surface area (Å²) in [5.74, 6) is -1.97. The number of alkyl carbamates (subject to hydrolysis) is 1. The first-order valence-electron chi connectivity index (χ1n) is 9.90. The maximum absolute atomic E-state index is 13.5. The van der Waals surface area contributed by atoms with Crippen LogP contribution < -0.4 is 10.6 Å². The molecule has 8 heteroatoms. The van der Waals surface area contributed by atoms with E-state index >= 15 is 0 Å². The Morgan fingerprint density at radius 2 is 1.65 bits per heavy atom. The average Bonchev–Trinajstić information content (AvgIpc) is 2.75. The van der Waals surface area contributed by atoms with Gasteiger partial charge in [-0.1, -0.05) is 56.3 Å². The molecule has 0 fully saturated rings. The van der Waals surface area contributed by atoms with Crippen LogP contribution in [-0.4, -0.2) is 37.2 Å². The standard InChI is InChI=1S/C23H27FN2O5/c1-15(2)20(26-23(29)31-14-16-8-5-4-6-9-16)21(27)25-19(22(28)30-3)13-17-10-7-11-18(24)12-17/h4-12,15,19-20H,13-14H2,1-3H3,(H,25,27)(H,26,29)/t19-,20-/m1/s1. The van der Waals surface area contributed by atoms with Crippen molar-refractivity contribution < 1.29 is 28.2 Å². The molecule has 7 nitrogen and oxygen atoms in total. The number of carbonyl (C=O) groups is 3. The topological polar surface area (TPSA) is 93.7 Å². The first kappa shape index (κ1) is 23.9. The summed E-state index contributed by atoms with van der Waals surface area (Å²) < 4.78 is 23.4. The molecule has 0 spiro atoms. The normalized spacial score (nSPS) is 12.5. The second-order valence-electron chi connectivity index (χ2n) is 7.35. The zero-order chi connectivity index (χ0) is 22.8. The Bertz CT molecular complexity index is 889. The Morgan fingerprint density at radius 1 is 0.968 bits per heavy atom. The van der Waals surface area contributed by atoms with Gasteiger partial charge in [0.25, 0.3) is 0 Å². The van der Waals surface area contributed by atoms with E-state index in [1.165, 1.54) is 25.3 Å². The summed E-state index contributed by atoms with van der Waals surface area (Å²) >= 11 is 0. The first-order valence-corrected chi connectivity index (χ1v) is 9.90. The highest BCUT2D eigenvalue weighted by atomic mass is 19.1. The minimum Gasteiger partial charge on any atom is -0.467 e. The van der Waals surface area contributed by atoms with E-state index in [9.17, 15) is 18.8 Å². The number of benzene rings is 2. The molecule has 0 saturated carbocycles. The Kier molecular flexibility index (Phi) is 8.99. The zero-order valence-corrected chi connectivity index (χ0v) is 17.8. The van der Waals surface area contributed by atoms with E-state index in [1.807, 2.05) is 30.3 Å². The maximum atomic E-state index is 13.5. The van der Waals surface area contributed by atoms with Crippen LogP contribution in [0.1, 0.15) is 25.0 Å². The van der Waals surface area contributed by atoms with E-state index in [0.29, 0.717) is 5.56 Å². The van der Waals surface area contributed by atoms with Crippen molar-refractivity contribution in [1.82, 2.24) is 10.6 Å². The number of amides is 2. The lowest BCUT2D eigenvalue weighted by molar-refractivity contribution is -0.145. The van der Waals surface area contributed by atoms with Gasteiger partial charge >= 0.3 is 12.1 Å². The first-order chi connectivity index (χ1) is 14.8. The van der Waals surface area contributed by atoms with E-state index in [0.717, 1.165) is 5.56 Å². The summed E-state index contributed by atoms with van der Waals surface area (Å²) in [6, 6.07) is 12.9. The van der Waals surface area contributed by atoms with Crippen LogP contribution in [-0.2, 0) is 32.1 Å². The molecule has 0 radical (unpaired) electrons. The van der Waals surface area contributed by atoms with Crippen LogP contribution in [0.25, 0.3) is 0 Å². The second kappa shape index (κ2) is 11.7. The molecule has 0 aliphatic rings. The Labute approximate surface area is 180 Å². The molecule has 0 saturated heterocycles. The Morgan fingerprint density at radius 3 is 2.26 bits per heavy atom. The SMILES string of the molecule is COC(=O)[C@@H](Cc1cccc(F)c1)NC(=O)[C@H](NC(=O)OCc1ccccc1)C(C)C. The van der Waals surface area contributed by atoms with Crippen LogP contribution in [0.2, 0.25) is 0 Å². The van der Waals surface area contributed by atoms with Gasteiger partial charge in [0, 0.05) is 6.42 Å². The number of carbonyl (C=O) groups excluding carboxylic acids is 3. The molecular weight excluding hydrogens is 403 g/mol. The predicted molar refractivity (Wildman–Crippen MR) is 112 cm³/mol. The average molecular weight is 430 g/mol. The number of halogens is 1. The largest absolute Gasteiger partial charge is 0.467 e.